The molecule has 0 N–H and O–H groups in total. The lowest BCUT2D eigenvalue weighted by molar-refractivity contribution is -0.142. The van der Waals surface area contributed by atoms with Gasteiger partial charge in [-0.3, -0.25) is 14.5 Å². The molecule has 0 radical (unpaired) electrons. The Kier molecular flexibility index (Phi) is 6.98. The third-order valence-corrected chi connectivity index (χ3v) is 5.85. The Balaban J connectivity index is 1.88. The van der Waals surface area contributed by atoms with Gasteiger partial charge in [0.05, 0.1) is 11.4 Å². The van der Waals surface area contributed by atoms with Gasteiger partial charge in [-0.15, -0.1) is 0 Å². The van der Waals surface area contributed by atoms with E-state index in [0.717, 1.165) is 16.2 Å². The van der Waals surface area contributed by atoms with Crippen molar-refractivity contribution in [2.24, 2.45) is 0 Å². The fraction of sp³-hybridized carbons (Fsp3) is 0.172. The van der Waals surface area contributed by atoms with Crippen molar-refractivity contribution in [1.82, 2.24) is 14.7 Å². The third kappa shape index (κ3) is 4.62. The molecule has 7 nitrogen and oxygen atoms in total. The highest BCUT2D eigenvalue weighted by Gasteiger charge is 2.37. The molecular weight excluding hydrogens is 452 g/mol. The first-order valence-corrected chi connectivity index (χ1v) is 11.6. The van der Waals surface area contributed by atoms with Gasteiger partial charge in [0.2, 0.25) is 0 Å². The summed E-state index contributed by atoms with van der Waals surface area (Å²) in [6.07, 6.45) is 5.22. The average Bonchev–Trinajstić information content (AvgIpc) is 3.30. The number of carbonyl (C=O) groups is 2. The standard InChI is InChI=1S/C29H26N4O3/c1-5-15-36-24-13-11-21(12-14-24)27-22(18-32(31-27)23-9-7-6-8-10-23)16-25-20(4)26(17-30)29(35)33(19(2)3)28(25)34/h5-14,16,18-19H,1,15H2,2-4H3/b25-16+. The minimum absolute atomic E-state index is 0.0322. The van der Waals surface area contributed by atoms with Crippen LogP contribution in [0, 0.1) is 11.3 Å². The number of hydrogen-bond donors (Lipinski definition) is 0. The second-order valence-electron chi connectivity index (χ2n) is 8.58. The predicted molar refractivity (Wildman–Crippen MR) is 138 cm³/mol. The van der Waals surface area contributed by atoms with Gasteiger partial charge < -0.3 is 4.74 Å². The molecule has 7 heteroatoms. The zero-order valence-electron chi connectivity index (χ0n) is 20.4. The molecule has 1 aromatic heterocycles. The van der Waals surface area contributed by atoms with Crippen molar-refractivity contribution in [3.05, 3.63) is 95.7 Å². The van der Waals surface area contributed by atoms with E-state index in [1.807, 2.05) is 66.9 Å². The van der Waals surface area contributed by atoms with E-state index in [9.17, 15) is 14.9 Å². The average molecular weight is 479 g/mol. The number of rotatable bonds is 7. The van der Waals surface area contributed by atoms with E-state index in [0.29, 0.717) is 34.8 Å². The number of ether oxygens (including phenoxy) is 1. The zero-order chi connectivity index (χ0) is 25.8. The maximum atomic E-state index is 13.4. The van der Waals surface area contributed by atoms with Gasteiger partial charge in [-0.25, -0.2) is 4.68 Å². The number of imide groups is 1. The third-order valence-electron chi connectivity index (χ3n) is 5.85. The molecule has 0 bridgehead atoms. The Bertz CT molecular complexity index is 1420. The largest absolute Gasteiger partial charge is 0.490 e. The van der Waals surface area contributed by atoms with Gasteiger partial charge in [-0.1, -0.05) is 30.9 Å². The number of para-hydroxylation sites is 1. The second-order valence-corrected chi connectivity index (χ2v) is 8.58. The van der Waals surface area contributed by atoms with E-state index in [-0.39, 0.29) is 11.6 Å². The molecule has 0 fully saturated rings. The number of aromatic nitrogens is 2. The number of carbonyl (C=O) groups excluding carboxylic acids is 2. The summed E-state index contributed by atoms with van der Waals surface area (Å²) in [5.41, 5.74) is 3.62. The topological polar surface area (TPSA) is 88.2 Å². The molecule has 1 aliphatic rings. The Morgan fingerprint density at radius 2 is 1.78 bits per heavy atom. The van der Waals surface area contributed by atoms with Crippen molar-refractivity contribution >= 4 is 17.9 Å². The highest BCUT2D eigenvalue weighted by atomic mass is 16.5. The van der Waals surface area contributed by atoms with Crippen LogP contribution in [0.1, 0.15) is 26.3 Å². The van der Waals surface area contributed by atoms with Crippen molar-refractivity contribution in [1.29, 1.82) is 5.26 Å². The van der Waals surface area contributed by atoms with Gasteiger partial charge in [0.15, 0.2) is 0 Å². The van der Waals surface area contributed by atoms with E-state index < -0.39 is 11.8 Å². The molecule has 4 rings (SSSR count). The Labute approximate surface area is 210 Å². The molecule has 0 aliphatic carbocycles. The minimum Gasteiger partial charge on any atom is -0.490 e. The lowest BCUT2D eigenvalue weighted by Crippen LogP contribution is -2.46. The molecular formula is C29H26N4O3. The van der Waals surface area contributed by atoms with Crippen molar-refractivity contribution in [2.75, 3.05) is 6.61 Å². The van der Waals surface area contributed by atoms with Crippen molar-refractivity contribution in [3.8, 4) is 28.8 Å². The lowest BCUT2D eigenvalue weighted by atomic mass is 9.92. The Hall–Kier alpha value is -4.70. The van der Waals surface area contributed by atoms with Crippen molar-refractivity contribution in [3.63, 3.8) is 0 Å². The second kappa shape index (κ2) is 10.3. The molecule has 3 aromatic rings. The summed E-state index contributed by atoms with van der Waals surface area (Å²) in [4.78, 5) is 27.3. The number of nitriles is 1. The van der Waals surface area contributed by atoms with Gasteiger partial charge in [0, 0.05) is 28.9 Å². The molecule has 0 unspecified atom stereocenters. The van der Waals surface area contributed by atoms with Crippen molar-refractivity contribution < 1.29 is 14.3 Å². The Morgan fingerprint density at radius 3 is 2.39 bits per heavy atom. The molecule has 1 aliphatic heterocycles. The highest BCUT2D eigenvalue weighted by molar-refractivity contribution is 6.20. The van der Waals surface area contributed by atoms with E-state index >= 15 is 0 Å². The summed E-state index contributed by atoms with van der Waals surface area (Å²) in [5.74, 6) is -0.299. The van der Waals surface area contributed by atoms with Crippen molar-refractivity contribution in [2.45, 2.75) is 26.8 Å². The highest BCUT2D eigenvalue weighted by Crippen LogP contribution is 2.32. The minimum atomic E-state index is -0.567. The number of amides is 2. The first kappa shape index (κ1) is 24.4. The van der Waals surface area contributed by atoms with Crippen LogP contribution in [-0.4, -0.2) is 39.1 Å². The van der Waals surface area contributed by atoms with Gasteiger partial charge in [-0.05, 0) is 68.8 Å². The first-order valence-electron chi connectivity index (χ1n) is 11.6. The molecule has 0 saturated heterocycles. The van der Waals surface area contributed by atoms with E-state index in [2.05, 4.69) is 6.58 Å². The summed E-state index contributed by atoms with van der Waals surface area (Å²) in [7, 11) is 0. The number of nitrogens with zero attached hydrogens (tertiary/aromatic N) is 4. The van der Waals surface area contributed by atoms with Crippen LogP contribution in [0.25, 0.3) is 23.0 Å². The van der Waals surface area contributed by atoms with E-state index in [4.69, 9.17) is 9.84 Å². The number of hydrogen-bond acceptors (Lipinski definition) is 5. The number of benzene rings is 2. The molecule has 0 saturated carbocycles. The maximum Gasteiger partial charge on any atom is 0.271 e. The van der Waals surface area contributed by atoms with Crippen LogP contribution in [0.5, 0.6) is 5.75 Å². The first-order chi connectivity index (χ1) is 17.3. The summed E-state index contributed by atoms with van der Waals surface area (Å²) >= 11 is 0. The van der Waals surface area contributed by atoms with E-state index in [1.54, 1.807) is 37.6 Å². The smallest absolute Gasteiger partial charge is 0.271 e. The van der Waals surface area contributed by atoms with E-state index in [1.165, 1.54) is 0 Å². The summed E-state index contributed by atoms with van der Waals surface area (Å²) < 4.78 is 7.34. The molecule has 2 heterocycles. The maximum absolute atomic E-state index is 13.4. The molecule has 2 aromatic carbocycles. The van der Waals surface area contributed by atoms with Crippen LogP contribution in [-0.2, 0) is 9.59 Å². The van der Waals surface area contributed by atoms with Crippen LogP contribution in [0.2, 0.25) is 0 Å². The summed E-state index contributed by atoms with van der Waals surface area (Å²) in [5, 5.41) is 14.5. The van der Waals surface area contributed by atoms with Gasteiger partial charge in [0.25, 0.3) is 11.8 Å². The van der Waals surface area contributed by atoms with Gasteiger partial charge >= 0.3 is 0 Å². The fourth-order valence-corrected chi connectivity index (χ4v) is 4.02. The van der Waals surface area contributed by atoms with Crippen LogP contribution >= 0.6 is 0 Å². The fourth-order valence-electron chi connectivity index (χ4n) is 4.02. The molecule has 180 valence electrons. The quantitative estimate of drug-likeness (QED) is 0.268. The normalized spacial score (nSPS) is 15.0. The van der Waals surface area contributed by atoms with Crippen LogP contribution in [0.4, 0.5) is 0 Å². The molecule has 0 atom stereocenters. The van der Waals surface area contributed by atoms with Gasteiger partial charge in [0.1, 0.15) is 24.0 Å². The predicted octanol–water partition coefficient (Wildman–Crippen LogP) is 5.10. The SMILES string of the molecule is C=CCOc1ccc(-c2nn(-c3ccccc3)cc2/C=C2/C(=O)N(C(C)C)C(=O)C(C#N)=C2C)cc1. The van der Waals surface area contributed by atoms with Crippen LogP contribution in [0.15, 0.2) is 90.2 Å². The molecule has 36 heavy (non-hydrogen) atoms. The lowest BCUT2D eigenvalue weighted by Gasteiger charge is -2.30. The van der Waals surface area contributed by atoms with Crippen LogP contribution < -0.4 is 4.74 Å². The summed E-state index contributed by atoms with van der Waals surface area (Å²) in [6.45, 7) is 9.19. The molecule has 2 amide bonds. The van der Waals surface area contributed by atoms with Crippen LogP contribution in [0.3, 0.4) is 0 Å². The Morgan fingerprint density at radius 1 is 1.08 bits per heavy atom. The van der Waals surface area contributed by atoms with Gasteiger partial charge in [-0.2, -0.15) is 10.4 Å². The monoisotopic (exact) mass is 478 g/mol. The zero-order valence-corrected chi connectivity index (χ0v) is 20.4. The summed E-state index contributed by atoms with van der Waals surface area (Å²) in [6, 6.07) is 18.7. The molecule has 0 spiro atoms.